The van der Waals surface area contributed by atoms with Crippen molar-refractivity contribution in [3.05, 3.63) is 46.8 Å². The summed E-state index contributed by atoms with van der Waals surface area (Å²) in [6, 6.07) is 9.68. The average Bonchev–Trinajstić information content (AvgIpc) is 3.15. The van der Waals surface area contributed by atoms with Crippen LogP contribution in [0, 0.1) is 25.2 Å². The quantitative estimate of drug-likeness (QED) is 0.678. The lowest BCUT2D eigenvalue weighted by Crippen LogP contribution is -2.30. The fourth-order valence-corrected chi connectivity index (χ4v) is 3.00. The van der Waals surface area contributed by atoms with E-state index >= 15 is 0 Å². The molecule has 2 heterocycles. The second-order valence-corrected chi connectivity index (χ2v) is 6.50. The van der Waals surface area contributed by atoms with Crippen molar-refractivity contribution in [3.8, 4) is 23.3 Å². The molecule has 0 radical (unpaired) electrons. The predicted octanol–water partition coefficient (Wildman–Crippen LogP) is 3.25. The third-order valence-corrected chi connectivity index (χ3v) is 4.17. The Morgan fingerprint density at radius 3 is 2.69 bits per heavy atom. The van der Waals surface area contributed by atoms with Gasteiger partial charge in [-0.15, -0.1) is 0 Å². The van der Waals surface area contributed by atoms with Gasteiger partial charge in [0.1, 0.15) is 11.6 Å². The highest BCUT2D eigenvalue weighted by Crippen LogP contribution is 2.35. The Balaban J connectivity index is 1.99. The van der Waals surface area contributed by atoms with Crippen molar-refractivity contribution in [1.29, 1.82) is 5.26 Å². The summed E-state index contributed by atoms with van der Waals surface area (Å²) in [7, 11) is 0. The molecular weight excluding hydrogens is 330 g/mol. The van der Waals surface area contributed by atoms with Crippen molar-refractivity contribution >= 4 is 12.0 Å². The molecule has 26 heavy (non-hydrogen) atoms. The van der Waals surface area contributed by atoms with E-state index in [2.05, 4.69) is 9.88 Å². The summed E-state index contributed by atoms with van der Waals surface area (Å²) < 4.78 is 12.9. The van der Waals surface area contributed by atoms with Crippen molar-refractivity contribution in [1.82, 2.24) is 9.88 Å². The highest BCUT2D eigenvalue weighted by Gasteiger charge is 2.17. The van der Waals surface area contributed by atoms with Crippen molar-refractivity contribution < 1.29 is 14.3 Å². The Morgan fingerprint density at radius 2 is 2.00 bits per heavy atom. The predicted molar refractivity (Wildman–Crippen MR) is 98.2 cm³/mol. The number of amides is 1. The number of aryl methyl sites for hydroxylation is 1. The summed E-state index contributed by atoms with van der Waals surface area (Å²) in [4.78, 5) is 12.2. The molecule has 1 N–H and O–H groups in total. The fraction of sp³-hybridized carbons (Fsp3) is 0.300. The lowest BCUT2D eigenvalue weighted by molar-refractivity contribution is -0.117. The molecule has 0 saturated heterocycles. The minimum atomic E-state index is -0.365. The van der Waals surface area contributed by atoms with Gasteiger partial charge in [0.15, 0.2) is 11.5 Å². The number of hydrogen-bond acceptors (Lipinski definition) is 4. The molecule has 0 bridgehead atoms. The minimum absolute atomic E-state index is 0.0275. The summed E-state index contributed by atoms with van der Waals surface area (Å²) in [6.45, 7) is 7.89. The Hall–Kier alpha value is -3.20. The first-order valence-electron chi connectivity index (χ1n) is 8.42. The van der Waals surface area contributed by atoms with Crippen LogP contribution in [0.2, 0.25) is 0 Å². The van der Waals surface area contributed by atoms with E-state index < -0.39 is 0 Å². The molecule has 1 aromatic carbocycles. The van der Waals surface area contributed by atoms with Crippen LogP contribution in [0.1, 0.15) is 30.8 Å². The first-order chi connectivity index (χ1) is 12.4. The summed E-state index contributed by atoms with van der Waals surface area (Å²) in [5, 5.41) is 12.1. The third kappa shape index (κ3) is 3.29. The number of aromatic nitrogens is 1. The number of nitriles is 1. The van der Waals surface area contributed by atoms with E-state index in [0.29, 0.717) is 5.75 Å². The van der Waals surface area contributed by atoms with Gasteiger partial charge in [0.2, 0.25) is 6.79 Å². The lowest BCUT2D eigenvalue weighted by atomic mass is 10.1. The van der Waals surface area contributed by atoms with E-state index in [1.165, 1.54) is 0 Å². The van der Waals surface area contributed by atoms with E-state index in [0.717, 1.165) is 28.4 Å². The van der Waals surface area contributed by atoms with Crippen LogP contribution in [0.3, 0.4) is 0 Å². The van der Waals surface area contributed by atoms with E-state index in [4.69, 9.17) is 9.47 Å². The summed E-state index contributed by atoms with van der Waals surface area (Å²) in [5.74, 6) is 1.07. The molecule has 0 atom stereocenters. The lowest BCUT2D eigenvalue weighted by Gasteiger charge is -2.10. The maximum atomic E-state index is 12.2. The number of hydrogen-bond donors (Lipinski definition) is 1. The number of rotatable bonds is 4. The highest BCUT2D eigenvalue weighted by molar-refractivity contribution is 6.02. The van der Waals surface area contributed by atoms with Gasteiger partial charge in [-0.2, -0.15) is 5.26 Å². The fourth-order valence-electron chi connectivity index (χ4n) is 3.00. The van der Waals surface area contributed by atoms with Gasteiger partial charge in [0.25, 0.3) is 5.91 Å². The normalized spacial score (nSPS) is 13.0. The van der Waals surface area contributed by atoms with Gasteiger partial charge in [-0.1, -0.05) is 0 Å². The average molecular weight is 351 g/mol. The molecule has 0 aliphatic carbocycles. The molecule has 0 spiro atoms. The number of benzene rings is 1. The zero-order chi connectivity index (χ0) is 18.8. The third-order valence-electron chi connectivity index (χ3n) is 4.17. The number of nitrogens with zero attached hydrogens (tertiary/aromatic N) is 2. The molecule has 0 unspecified atom stereocenters. The minimum Gasteiger partial charge on any atom is -0.454 e. The summed E-state index contributed by atoms with van der Waals surface area (Å²) in [5.41, 5.74) is 3.79. The van der Waals surface area contributed by atoms with Crippen LogP contribution >= 0.6 is 0 Å². The van der Waals surface area contributed by atoms with Crippen LogP contribution < -0.4 is 14.8 Å². The molecule has 0 fully saturated rings. The van der Waals surface area contributed by atoms with Crippen molar-refractivity contribution in [3.63, 3.8) is 0 Å². The molecule has 2 aromatic rings. The van der Waals surface area contributed by atoms with Gasteiger partial charge in [0.05, 0.1) is 0 Å². The Morgan fingerprint density at radius 1 is 1.27 bits per heavy atom. The van der Waals surface area contributed by atoms with Gasteiger partial charge in [0, 0.05) is 29.2 Å². The van der Waals surface area contributed by atoms with Crippen LogP contribution in [0.4, 0.5) is 0 Å². The van der Waals surface area contributed by atoms with Crippen LogP contribution in [0.5, 0.6) is 11.5 Å². The zero-order valence-electron chi connectivity index (χ0n) is 15.3. The molecule has 1 aliphatic rings. The number of carbonyl (C=O) groups excluding carboxylic acids is 1. The highest BCUT2D eigenvalue weighted by atomic mass is 16.7. The molecule has 6 heteroatoms. The maximum absolute atomic E-state index is 12.2. The van der Waals surface area contributed by atoms with Crippen molar-refractivity contribution in [2.45, 2.75) is 33.7 Å². The van der Waals surface area contributed by atoms with Crippen LogP contribution in [0.15, 0.2) is 29.8 Å². The van der Waals surface area contributed by atoms with Crippen LogP contribution in [-0.2, 0) is 4.79 Å². The first-order valence-corrected chi connectivity index (χ1v) is 8.42. The molecule has 1 aromatic heterocycles. The number of carbonyl (C=O) groups is 1. The first kappa shape index (κ1) is 17.6. The van der Waals surface area contributed by atoms with Crippen LogP contribution in [-0.4, -0.2) is 23.3 Å². The Kier molecular flexibility index (Phi) is 4.72. The Labute approximate surface area is 152 Å². The number of nitrogens with one attached hydrogen (secondary N) is 1. The number of ether oxygens (including phenoxy) is 2. The smallest absolute Gasteiger partial charge is 0.262 e. The molecule has 134 valence electrons. The monoisotopic (exact) mass is 351 g/mol. The van der Waals surface area contributed by atoms with Gasteiger partial charge in [-0.05, 0) is 57.5 Å². The number of fused-ring (bicyclic) bond motifs is 1. The second kappa shape index (κ2) is 6.96. The molecule has 1 aliphatic heterocycles. The van der Waals surface area contributed by atoms with Gasteiger partial charge in [-0.3, -0.25) is 4.79 Å². The molecule has 1 amide bonds. The molecule has 3 rings (SSSR count). The van der Waals surface area contributed by atoms with E-state index in [9.17, 15) is 10.1 Å². The zero-order valence-corrected chi connectivity index (χ0v) is 15.3. The Bertz CT molecular complexity index is 933. The van der Waals surface area contributed by atoms with E-state index in [1.807, 2.05) is 58.0 Å². The second-order valence-electron chi connectivity index (χ2n) is 6.50. The maximum Gasteiger partial charge on any atom is 0.262 e. The SMILES string of the molecule is Cc1cc(C=C(C#N)C(=O)NC(C)C)c(C)n1-c1ccc2c(c1)OCO2. The van der Waals surface area contributed by atoms with Gasteiger partial charge >= 0.3 is 0 Å². The van der Waals surface area contributed by atoms with Crippen molar-refractivity contribution in [2.24, 2.45) is 0 Å². The molecule has 6 nitrogen and oxygen atoms in total. The topological polar surface area (TPSA) is 76.3 Å². The van der Waals surface area contributed by atoms with E-state index in [-0.39, 0.29) is 24.3 Å². The van der Waals surface area contributed by atoms with Crippen molar-refractivity contribution in [2.75, 3.05) is 6.79 Å². The van der Waals surface area contributed by atoms with Gasteiger partial charge in [-0.25, -0.2) is 0 Å². The van der Waals surface area contributed by atoms with Crippen LogP contribution in [0.25, 0.3) is 11.8 Å². The summed E-state index contributed by atoms with van der Waals surface area (Å²) >= 11 is 0. The molecule has 0 saturated carbocycles. The van der Waals surface area contributed by atoms with Gasteiger partial charge < -0.3 is 19.4 Å². The molecular formula is C20H21N3O3. The van der Waals surface area contributed by atoms with E-state index in [1.54, 1.807) is 6.08 Å². The standard InChI is InChI=1S/C20H21N3O3/c1-12(2)22-20(24)16(10-21)8-15-7-13(3)23(14(15)4)17-5-6-18-19(9-17)26-11-25-18/h5-9,12H,11H2,1-4H3,(H,22,24). The summed E-state index contributed by atoms with van der Waals surface area (Å²) in [6.07, 6.45) is 1.63. The largest absolute Gasteiger partial charge is 0.454 e.